The van der Waals surface area contributed by atoms with E-state index in [-0.39, 0.29) is 0 Å². The SMILES string of the molecule is [NH3+]CCCC[N+](CCC[NH3+])(CCC[NH3+])CCC[NH3+]. The van der Waals surface area contributed by atoms with Crippen LogP contribution in [-0.2, 0) is 0 Å². The maximum atomic E-state index is 4.00. The standard InChI is InChI=1S/C13H34N5/c14-6-1-2-10-18(11-3-7-15,12-4-8-16)13-5-9-17/h1-17H2/q+1/p+4. The monoisotopic (exact) mass is 264 g/mol. The van der Waals surface area contributed by atoms with Gasteiger partial charge < -0.3 is 27.4 Å². The Balaban J connectivity index is 4.41. The van der Waals surface area contributed by atoms with Gasteiger partial charge in [0.1, 0.15) is 0 Å². The summed E-state index contributed by atoms with van der Waals surface area (Å²) in [5.41, 5.74) is 16.0. The van der Waals surface area contributed by atoms with Gasteiger partial charge >= 0.3 is 0 Å². The number of rotatable bonds is 13. The minimum atomic E-state index is 1.06. The van der Waals surface area contributed by atoms with Crippen molar-refractivity contribution in [1.29, 1.82) is 0 Å². The normalized spacial score (nSPS) is 12.0. The fraction of sp³-hybridized carbons (Fsp3) is 1.00. The van der Waals surface area contributed by atoms with Gasteiger partial charge in [-0.2, -0.15) is 0 Å². The molecule has 0 bridgehead atoms. The second-order valence-electron chi connectivity index (χ2n) is 5.42. The minimum Gasteiger partial charge on any atom is -0.358 e. The Morgan fingerprint density at radius 1 is 0.444 bits per heavy atom. The summed E-state index contributed by atoms with van der Waals surface area (Å²) in [7, 11) is 0. The first-order valence-corrected chi connectivity index (χ1v) is 7.76. The van der Waals surface area contributed by atoms with E-state index in [0.717, 1.165) is 26.2 Å². The Labute approximate surface area is 112 Å². The van der Waals surface area contributed by atoms with Gasteiger partial charge in [0, 0.05) is 32.1 Å². The van der Waals surface area contributed by atoms with Crippen molar-refractivity contribution in [2.75, 3.05) is 52.4 Å². The van der Waals surface area contributed by atoms with E-state index in [1.54, 1.807) is 0 Å². The third-order valence-corrected chi connectivity index (χ3v) is 3.78. The molecule has 0 aliphatic rings. The van der Waals surface area contributed by atoms with Crippen molar-refractivity contribution < 1.29 is 27.4 Å². The summed E-state index contributed by atoms with van der Waals surface area (Å²) in [4.78, 5) is 0. The number of unbranched alkanes of at least 4 members (excludes halogenated alkanes) is 1. The average Bonchev–Trinajstić information content (AvgIpc) is 2.40. The molecule has 0 heterocycles. The van der Waals surface area contributed by atoms with Gasteiger partial charge in [-0.1, -0.05) is 0 Å². The molecular weight excluding hydrogens is 226 g/mol. The second kappa shape index (κ2) is 11.9. The Morgan fingerprint density at radius 2 is 0.778 bits per heavy atom. The molecule has 0 fully saturated rings. The molecule has 0 aromatic carbocycles. The van der Waals surface area contributed by atoms with Gasteiger partial charge in [-0.15, -0.1) is 0 Å². The number of quaternary nitrogens is 5. The Hall–Kier alpha value is -0.200. The molecule has 0 radical (unpaired) electrons. The van der Waals surface area contributed by atoms with Gasteiger partial charge in [0.2, 0.25) is 0 Å². The maximum absolute atomic E-state index is 4.00. The van der Waals surface area contributed by atoms with Crippen LogP contribution >= 0.6 is 0 Å². The van der Waals surface area contributed by atoms with Gasteiger partial charge in [-0.3, -0.25) is 0 Å². The quantitative estimate of drug-likeness (QED) is 0.198. The van der Waals surface area contributed by atoms with E-state index in [4.69, 9.17) is 0 Å². The molecule has 0 unspecified atom stereocenters. The lowest BCUT2D eigenvalue weighted by Crippen LogP contribution is -2.59. The molecule has 0 aromatic rings. The molecule has 5 heteroatoms. The van der Waals surface area contributed by atoms with Crippen LogP contribution in [-0.4, -0.2) is 56.8 Å². The molecule has 12 N–H and O–H groups in total. The zero-order valence-electron chi connectivity index (χ0n) is 12.5. The Morgan fingerprint density at radius 3 is 1.11 bits per heavy atom. The zero-order valence-corrected chi connectivity index (χ0v) is 12.5. The first-order chi connectivity index (χ1) is 8.74. The van der Waals surface area contributed by atoms with Crippen LogP contribution in [0.3, 0.4) is 0 Å². The summed E-state index contributed by atoms with van der Waals surface area (Å²) >= 11 is 0. The smallest absolute Gasteiger partial charge is 0.0841 e. The molecule has 5 nitrogen and oxygen atoms in total. The highest BCUT2D eigenvalue weighted by molar-refractivity contribution is 4.49. The summed E-state index contributed by atoms with van der Waals surface area (Å²) in [5, 5.41) is 0. The van der Waals surface area contributed by atoms with Gasteiger partial charge in [-0.05, 0) is 0 Å². The molecule has 110 valence electrons. The molecule has 0 aromatic heterocycles. The minimum absolute atomic E-state index is 1.06. The van der Waals surface area contributed by atoms with Gasteiger partial charge in [0.25, 0.3) is 0 Å². The van der Waals surface area contributed by atoms with E-state index in [1.807, 2.05) is 0 Å². The highest BCUT2D eigenvalue weighted by Gasteiger charge is 2.26. The molecule has 0 rings (SSSR count). The van der Waals surface area contributed by atoms with Gasteiger partial charge in [0.15, 0.2) is 0 Å². The maximum Gasteiger partial charge on any atom is 0.0841 e. The molecule has 0 amide bonds. The molecule has 0 atom stereocenters. The van der Waals surface area contributed by atoms with Crippen molar-refractivity contribution in [2.45, 2.75) is 32.1 Å². The lowest BCUT2D eigenvalue weighted by molar-refractivity contribution is -0.930. The largest absolute Gasteiger partial charge is 0.358 e. The van der Waals surface area contributed by atoms with Crippen LogP contribution in [0.4, 0.5) is 0 Å². The van der Waals surface area contributed by atoms with Gasteiger partial charge in [-0.25, -0.2) is 0 Å². The molecule has 0 aliphatic carbocycles. The number of hydrogen-bond acceptors (Lipinski definition) is 0. The third-order valence-electron chi connectivity index (χ3n) is 3.78. The molecule has 18 heavy (non-hydrogen) atoms. The van der Waals surface area contributed by atoms with Crippen LogP contribution in [0, 0.1) is 0 Å². The molecular formula is C13H38N5+5. The van der Waals surface area contributed by atoms with E-state index in [2.05, 4.69) is 22.9 Å². The Bertz CT molecular complexity index is 153. The van der Waals surface area contributed by atoms with Crippen LogP contribution in [0.25, 0.3) is 0 Å². The highest BCUT2D eigenvalue weighted by atomic mass is 15.3. The zero-order chi connectivity index (χ0) is 13.7. The Kier molecular flexibility index (Phi) is 11.7. The summed E-state index contributed by atoms with van der Waals surface area (Å²) in [5.74, 6) is 0. The lowest BCUT2D eigenvalue weighted by atomic mass is 10.1. The summed E-state index contributed by atoms with van der Waals surface area (Å²) in [6.07, 6.45) is 6.32. The van der Waals surface area contributed by atoms with Crippen molar-refractivity contribution in [3.63, 3.8) is 0 Å². The van der Waals surface area contributed by atoms with Gasteiger partial charge in [0.05, 0.1) is 52.4 Å². The summed E-state index contributed by atoms with van der Waals surface area (Å²) in [6, 6.07) is 0. The molecule has 0 aliphatic heterocycles. The van der Waals surface area contributed by atoms with E-state index < -0.39 is 0 Å². The summed E-state index contributed by atoms with van der Waals surface area (Å²) < 4.78 is 1.28. The third kappa shape index (κ3) is 8.00. The van der Waals surface area contributed by atoms with Crippen molar-refractivity contribution >= 4 is 0 Å². The molecule has 0 saturated heterocycles. The average molecular weight is 264 g/mol. The topological polar surface area (TPSA) is 111 Å². The van der Waals surface area contributed by atoms with Crippen molar-refractivity contribution in [1.82, 2.24) is 0 Å². The predicted octanol–water partition coefficient (Wildman–Crippen LogP) is -3.28. The van der Waals surface area contributed by atoms with Crippen LogP contribution in [0.5, 0.6) is 0 Å². The predicted molar refractivity (Wildman–Crippen MR) is 73.8 cm³/mol. The van der Waals surface area contributed by atoms with Crippen molar-refractivity contribution in [2.24, 2.45) is 0 Å². The fourth-order valence-electron chi connectivity index (χ4n) is 2.64. The lowest BCUT2D eigenvalue weighted by Gasteiger charge is -2.38. The van der Waals surface area contributed by atoms with Crippen LogP contribution in [0.1, 0.15) is 32.1 Å². The van der Waals surface area contributed by atoms with E-state index in [1.165, 1.54) is 62.8 Å². The molecule has 0 saturated carbocycles. The highest BCUT2D eigenvalue weighted by Crippen LogP contribution is 2.13. The van der Waals surface area contributed by atoms with E-state index in [0.29, 0.717) is 0 Å². The summed E-state index contributed by atoms with van der Waals surface area (Å²) in [6.45, 7) is 9.44. The van der Waals surface area contributed by atoms with E-state index in [9.17, 15) is 0 Å². The second-order valence-corrected chi connectivity index (χ2v) is 5.42. The van der Waals surface area contributed by atoms with Crippen molar-refractivity contribution in [3.8, 4) is 0 Å². The fourth-order valence-corrected chi connectivity index (χ4v) is 2.64. The van der Waals surface area contributed by atoms with E-state index >= 15 is 0 Å². The number of nitrogens with zero attached hydrogens (tertiary/aromatic N) is 1. The van der Waals surface area contributed by atoms with Crippen LogP contribution in [0.2, 0.25) is 0 Å². The molecule has 0 spiro atoms. The first-order valence-electron chi connectivity index (χ1n) is 7.76. The van der Waals surface area contributed by atoms with Crippen LogP contribution in [0.15, 0.2) is 0 Å². The first kappa shape index (κ1) is 17.8. The number of hydrogen-bond donors (Lipinski definition) is 4. The van der Waals surface area contributed by atoms with Crippen LogP contribution < -0.4 is 22.9 Å². The van der Waals surface area contributed by atoms with Crippen molar-refractivity contribution in [3.05, 3.63) is 0 Å².